The normalized spacial score (nSPS) is 17.8. The minimum atomic E-state index is -0.515. The van der Waals surface area contributed by atoms with Crippen molar-refractivity contribution in [2.45, 2.75) is 31.2 Å². The molecule has 3 rings (SSSR count). The van der Waals surface area contributed by atoms with Crippen molar-refractivity contribution in [1.29, 1.82) is 0 Å². The van der Waals surface area contributed by atoms with Crippen molar-refractivity contribution in [3.05, 3.63) is 45.6 Å². The zero-order valence-corrected chi connectivity index (χ0v) is 11.2. The summed E-state index contributed by atoms with van der Waals surface area (Å²) in [5, 5.41) is 7.26. The Morgan fingerprint density at radius 2 is 1.89 bits per heavy atom. The van der Waals surface area contributed by atoms with E-state index in [-0.39, 0.29) is 5.69 Å². The van der Waals surface area contributed by atoms with E-state index in [1.165, 1.54) is 0 Å². The Balaban J connectivity index is 2.13. The fraction of sp³-hybridized carbons (Fsp3) is 0.385. The first kappa shape index (κ1) is 12.4. The van der Waals surface area contributed by atoms with Crippen LogP contribution in [-0.4, -0.2) is 14.8 Å². The topological polar surface area (TPSA) is 76.7 Å². The summed E-state index contributed by atoms with van der Waals surface area (Å²) < 4.78 is 1.54. The van der Waals surface area contributed by atoms with Crippen LogP contribution < -0.4 is 11.4 Å². The molecule has 19 heavy (non-hydrogen) atoms. The second kappa shape index (κ2) is 4.51. The highest BCUT2D eigenvalue weighted by Crippen LogP contribution is 2.35. The second-order valence-corrected chi connectivity index (χ2v) is 5.46. The molecule has 0 unspecified atom stereocenters. The van der Waals surface area contributed by atoms with E-state index < -0.39 is 5.54 Å². The average Bonchev–Trinajstić information content (AvgIpc) is 2.98. The SMILES string of the molecule is NC1(c2n[nH]c(=O)n2-c2ccc(Cl)cc2)CCCC1. The molecule has 1 aromatic carbocycles. The summed E-state index contributed by atoms with van der Waals surface area (Å²) in [7, 11) is 0. The highest BCUT2D eigenvalue weighted by Gasteiger charge is 2.36. The van der Waals surface area contributed by atoms with Gasteiger partial charge in [0, 0.05) is 5.02 Å². The molecule has 3 N–H and O–H groups in total. The number of H-pyrrole nitrogens is 1. The van der Waals surface area contributed by atoms with Crippen molar-refractivity contribution in [3.63, 3.8) is 0 Å². The molecular formula is C13H15ClN4O. The first-order chi connectivity index (χ1) is 9.10. The summed E-state index contributed by atoms with van der Waals surface area (Å²) in [6, 6.07) is 7.08. The smallest absolute Gasteiger partial charge is 0.319 e. The molecule has 0 saturated heterocycles. The molecule has 1 saturated carbocycles. The molecule has 1 aromatic heterocycles. The molecule has 0 spiro atoms. The third-order valence-corrected chi connectivity index (χ3v) is 3.95. The monoisotopic (exact) mass is 278 g/mol. The van der Waals surface area contributed by atoms with E-state index in [2.05, 4.69) is 10.2 Å². The molecule has 100 valence electrons. The van der Waals surface area contributed by atoms with E-state index >= 15 is 0 Å². The Morgan fingerprint density at radius 1 is 1.26 bits per heavy atom. The molecular weight excluding hydrogens is 264 g/mol. The molecule has 2 aromatic rings. The Labute approximate surface area is 115 Å². The molecule has 0 amide bonds. The molecule has 5 nitrogen and oxygen atoms in total. The number of halogens is 1. The van der Waals surface area contributed by atoms with Crippen LogP contribution in [0, 0.1) is 0 Å². The highest BCUT2D eigenvalue weighted by atomic mass is 35.5. The van der Waals surface area contributed by atoms with Crippen LogP contribution in [0.5, 0.6) is 0 Å². The third kappa shape index (κ3) is 2.09. The number of hydrogen-bond donors (Lipinski definition) is 2. The molecule has 0 radical (unpaired) electrons. The van der Waals surface area contributed by atoms with Crippen molar-refractivity contribution < 1.29 is 0 Å². The van der Waals surface area contributed by atoms with Crippen LogP contribution >= 0.6 is 11.6 Å². The summed E-state index contributed by atoms with van der Waals surface area (Å²) in [4.78, 5) is 12.0. The summed E-state index contributed by atoms with van der Waals surface area (Å²) in [5.74, 6) is 0.609. The van der Waals surface area contributed by atoms with Crippen LogP contribution in [-0.2, 0) is 5.54 Å². The van der Waals surface area contributed by atoms with Crippen LogP contribution in [0.1, 0.15) is 31.5 Å². The van der Waals surface area contributed by atoms with Crippen LogP contribution in [0.25, 0.3) is 5.69 Å². The standard InChI is InChI=1S/C13H15ClN4O/c14-9-3-5-10(6-4-9)18-11(16-17-12(18)19)13(15)7-1-2-8-13/h3-6H,1-2,7-8,15H2,(H,17,19). The molecule has 1 aliphatic rings. The average molecular weight is 279 g/mol. The Bertz CT molecular complexity index is 637. The zero-order chi connectivity index (χ0) is 13.5. The van der Waals surface area contributed by atoms with Gasteiger partial charge in [0.25, 0.3) is 0 Å². The minimum absolute atomic E-state index is 0.269. The fourth-order valence-electron chi connectivity index (χ4n) is 2.69. The quantitative estimate of drug-likeness (QED) is 0.881. The van der Waals surface area contributed by atoms with Crippen LogP contribution in [0.3, 0.4) is 0 Å². The number of nitrogens with two attached hydrogens (primary N) is 1. The summed E-state index contributed by atoms with van der Waals surface area (Å²) in [5.41, 5.74) is 6.34. The van der Waals surface area contributed by atoms with Gasteiger partial charge in [0.2, 0.25) is 0 Å². The van der Waals surface area contributed by atoms with Gasteiger partial charge in [-0.3, -0.25) is 0 Å². The zero-order valence-electron chi connectivity index (χ0n) is 10.4. The van der Waals surface area contributed by atoms with Gasteiger partial charge in [-0.1, -0.05) is 24.4 Å². The number of hydrogen-bond acceptors (Lipinski definition) is 3. The summed E-state index contributed by atoms with van der Waals surface area (Å²) in [6.07, 6.45) is 3.84. The van der Waals surface area contributed by atoms with Gasteiger partial charge in [-0.15, -0.1) is 0 Å². The maximum atomic E-state index is 12.0. The van der Waals surface area contributed by atoms with Gasteiger partial charge in [0.15, 0.2) is 5.82 Å². The van der Waals surface area contributed by atoms with Crippen LogP contribution in [0.4, 0.5) is 0 Å². The number of nitrogens with one attached hydrogen (secondary N) is 1. The maximum Gasteiger partial charge on any atom is 0.347 e. The minimum Gasteiger partial charge on any atom is -0.319 e. The molecule has 1 aliphatic carbocycles. The summed E-state index contributed by atoms with van der Waals surface area (Å²) >= 11 is 5.87. The van der Waals surface area contributed by atoms with Gasteiger partial charge in [0.05, 0.1) is 11.2 Å². The number of rotatable bonds is 2. The lowest BCUT2D eigenvalue weighted by atomic mass is 9.98. The molecule has 0 aliphatic heterocycles. The molecule has 0 atom stereocenters. The van der Waals surface area contributed by atoms with E-state index in [9.17, 15) is 4.79 Å². The predicted octanol–water partition coefficient (Wildman–Crippen LogP) is 1.94. The Morgan fingerprint density at radius 3 is 2.53 bits per heavy atom. The van der Waals surface area contributed by atoms with Gasteiger partial charge in [-0.05, 0) is 37.1 Å². The lowest BCUT2D eigenvalue weighted by molar-refractivity contribution is 0.423. The van der Waals surface area contributed by atoms with E-state index in [0.29, 0.717) is 10.8 Å². The number of nitrogens with zero attached hydrogens (tertiary/aromatic N) is 2. The molecule has 1 heterocycles. The van der Waals surface area contributed by atoms with Gasteiger partial charge < -0.3 is 5.73 Å². The van der Waals surface area contributed by atoms with E-state index in [1.54, 1.807) is 28.8 Å². The second-order valence-electron chi connectivity index (χ2n) is 5.03. The lowest BCUT2D eigenvalue weighted by Gasteiger charge is -2.22. The maximum absolute atomic E-state index is 12.0. The molecule has 1 fully saturated rings. The van der Waals surface area contributed by atoms with Crippen molar-refractivity contribution in [2.24, 2.45) is 5.73 Å². The van der Waals surface area contributed by atoms with Crippen molar-refractivity contribution in [2.75, 3.05) is 0 Å². The number of aromatic nitrogens is 3. The van der Waals surface area contributed by atoms with Crippen LogP contribution in [0.2, 0.25) is 5.02 Å². The number of benzene rings is 1. The van der Waals surface area contributed by atoms with Gasteiger partial charge in [-0.2, -0.15) is 5.10 Å². The largest absolute Gasteiger partial charge is 0.347 e. The fourth-order valence-corrected chi connectivity index (χ4v) is 2.82. The van der Waals surface area contributed by atoms with E-state index in [1.807, 2.05) is 0 Å². The first-order valence-electron chi connectivity index (χ1n) is 6.33. The lowest BCUT2D eigenvalue weighted by Crippen LogP contribution is -2.37. The van der Waals surface area contributed by atoms with Gasteiger partial charge in [0.1, 0.15) is 0 Å². The molecule has 6 heteroatoms. The predicted molar refractivity (Wildman–Crippen MR) is 73.5 cm³/mol. The van der Waals surface area contributed by atoms with Gasteiger partial charge >= 0.3 is 5.69 Å². The van der Waals surface area contributed by atoms with E-state index in [4.69, 9.17) is 17.3 Å². The van der Waals surface area contributed by atoms with Crippen molar-refractivity contribution in [3.8, 4) is 5.69 Å². The van der Waals surface area contributed by atoms with Gasteiger partial charge in [-0.25, -0.2) is 14.5 Å². The van der Waals surface area contributed by atoms with Crippen molar-refractivity contribution in [1.82, 2.24) is 14.8 Å². The summed E-state index contributed by atoms with van der Waals surface area (Å²) in [6.45, 7) is 0. The first-order valence-corrected chi connectivity index (χ1v) is 6.71. The third-order valence-electron chi connectivity index (χ3n) is 3.70. The van der Waals surface area contributed by atoms with Crippen molar-refractivity contribution >= 4 is 11.6 Å². The highest BCUT2D eigenvalue weighted by molar-refractivity contribution is 6.30. The van der Waals surface area contributed by atoms with Crippen LogP contribution in [0.15, 0.2) is 29.1 Å². The van der Waals surface area contributed by atoms with E-state index in [0.717, 1.165) is 31.4 Å². The Kier molecular flexibility index (Phi) is 2.95. The number of aromatic amines is 1. The molecule has 0 bridgehead atoms. The Hall–Kier alpha value is -1.59.